The van der Waals surface area contributed by atoms with Gasteiger partial charge in [-0.25, -0.2) is 4.79 Å². The summed E-state index contributed by atoms with van der Waals surface area (Å²) >= 11 is 5.89. The second kappa shape index (κ2) is 7.02. The zero-order valence-corrected chi connectivity index (χ0v) is 15.8. The van der Waals surface area contributed by atoms with Gasteiger partial charge in [-0.15, -0.1) is 0 Å². The molecule has 0 unspecified atom stereocenters. The summed E-state index contributed by atoms with van der Waals surface area (Å²) in [6, 6.07) is 22.9. The van der Waals surface area contributed by atoms with Crippen molar-refractivity contribution in [3.05, 3.63) is 95.0 Å². The average molecular weight is 393 g/mol. The Bertz CT molecular complexity index is 1020. The number of nitrogens with zero attached hydrogens (tertiary/aromatic N) is 1. The molecule has 1 N–H and O–H groups in total. The van der Waals surface area contributed by atoms with Crippen LogP contribution in [0.4, 0.5) is 4.79 Å². The van der Waals surface area contributed by atoms with Crippen LogP contribution >= 0.6 is 11.6 Å². The summed E-state index contributed by atoms with van der Waals surface area (Å²) < 4.78 is 5.82. The molecule has 1 heterocycles. The molecule has 0 spiro atoms. The molecule has 1 fully saturated rings. The third-order valence-corrected chi connectivity index (χ3v) is 5.02. The van der Waals surface area contributed by atoms with Crippen molar-refractivity contribution >= 4 is 23.5 Å². The molecular weight excluding hydrogens is 376 g/mol. The zero-order valence-electron chi connectivity index (χ0n) is 15.1. The van der Waals surface area contributed by atoms with Gasteiger partial charge < -0.3 is 10.1 Å². The van der Waals surface area contributed by atoms with Crippen molar-refractivity contribution in [3.63, 3.8) is 0 Å². The Morgan fingerprint density at radius 3 is 1.89 bits per heavy atom. The maximum Gasteiger partial charge on any atom is 0.325 e. The van der Waals surface area contributed by atoms with E-state index in [0.29, 0.717) is 27.6 Å². The first kappa shape index (κ1) is 18.1. The number of carbonyl (C=O) groups excluding carboxylic acids is 2. The molecule has 0 aromatic heterocycles. The lowest BCUT2D eigenvalue weighted by Crippen LogP contribution is -2.44. The van der Waals surface area contributed by atoms with Crippen molar-refractivity contribution < 1.29 is 14.3 Å². The lowest BCUT2D eigenvalue weighted by Gasteiger charge is -2.27. The van der Waals surface area contributed by atoms with Gasteiger partial charge in [0.2, 0.25) is 0 Å². The van der Waals surface area contributed by atoms with Gasteiger partial charge in [0.25, 0.3) is 5.91 Å². The second-order valence-corrected chi connectivity index (χ2v) is 6.93. The molecule has 1 saturated heterocycles. The Morgan fingerprint density at radius 2 is 1.36 bits per heavy atom. The smallest absolute Gasteiger partial charge is 0.325 e. The van der Waals surface area contributed by atoms with E-state index < -0.39 is 11.6 Å². The Morgan fingerprint density at radius 1 is 0.821 bits per heavy atom. The van der Waals surface area contributed by atoms with Crippen LogP contribution in [0.1, 0.15) is 11.1 Å². The number of urea groups is 1. The zero-order chi connectivity index (χ0) is 19.7. The molecule has 0 radical (unpaired) electrons. The van der Waals surface area contributed by atoms with Crippen molar-refractivity contribution in [1.29, 1.82) is 0 Å². The van der Waals surface area contributed by atoms with E-state index in [0.717, 1.165) is 4.90 Å². The fraction of sp³-hybridized carbons (Fsp3) is 0.0909. The number of halogens is 1. The van der Waals surface area contributed by atoms with Gasteiger partial charge in [-0.3, -0.25) is 9.69 Å². The largest absolute Gasteiger partial charge is 0.457 e. The number of rotatable bonds is 4. The number of hydrogen-bond donors (Lipinski definition) is 1. The fourth-order valence-electron chi connectivity index (χ4n) is 3.30. The lowest BCUT2D eigenvalue weighted by molar-refractivity contribution is -0.129. The first-order valence-corrected chi connectivity index (χ1v) is 9.08. The minimum absolute atomic E-state index is 0.324. The number of hydrogen-bond acceptors (Lipinski definition) is 3. The van der Waals surface area contributed by atoms with E-state index in [1.165, 1.54) is 7.05 Å². The standard InChI is InChI=1S/C22H17ClN2O3/c1-25-20(26)22(24-21(25)27,15-5-3-2-4-6-15)16-7-11-18(12-8-16)28-19-13-9-17(23)10-14-19/h2-14H,1H3,(H,24,27)/t22-/m1/s1. The molecule has 0 saturated carbocycles. The van der Waals surface area contributed by atoms with Gasteiger partial charge in [-0.1, -0.05) is 54.1 Å². The Balaban J connectivity index is 1.71. The van der Waals surface area contributed by atoms with Crippen LogP contribution in [0.5, 0.6) is 11.5 Å². The highest BCUT2D eigenvalue weighted by molar-refractivity contribution is 6.30. The van der Waals surface area contributed by atoms with Gasteiger partial charge in [0.05, 0.1) is 0 Å². The predicted octanol–water partition coefficient (Wildman–Crippen LogP) is 4.56. The van der Waals surface area contributed by atoms with Crippen LogP contribution in [0.25, 0.3) is 0 Å². The molecule has 3 aromatic carbocycles. The van der Waals surface area contributed by atoms with Crippen LogP contribution in [0.2, 0.25) is 5.02 Å². The quantitative estimate of drug-likeness (QED) is 0.662. The van der Waals surface area contributed by atoms with E-state index in [9.17, 15) is 9.59 Å². The third kappa shape index (κ3) is 3.00. The van der Waals surface area contributed by atoms with Crippen molar-refractivity contribution in [3.8, 4) is 11.5 Å². The molecule has 3 aromatic rings. The summed E-state index contributed by atoms with van der Waals surface area (Å²) in [7, 11) is 1.47. The van der Waals surface area contributed by atoms with Crippen LogP contribution in [0.15, 0.2) is 78.9 Å². The summed E-state index contributed by atoms with van der Waals surface area (Å²) in [6.45, 7) is 0. The van der Waals surface area contributed by atoms with Crippen LogP contribution in [-0.2, 0) is 10.3 Å². The highest BCUT2D eigenvalue weighted by Gasteiger charge is 2.52. The first-order valence-electron chi connectivity index (χ1n) is 8.70. The Kier molecular flexibility index (Phi) is 4.53. The van der Waals surface area contributed by atoms with Crippen LogP contribution in [0.3, 0.4) is 0 Å². The van der Waals surface area contributed by atoms with Crippen molar-refractivity contribution in [2.75, 3.05) is 7.05 Å². The van der Waals surface area contributed by atoms with E-state index in [1.807, 2.05) is 30.3 Å². The van der Waals surface area contributed by atoms with E-state index >= 15 is 0 Å². The number of nitrogens with one attached hydrogen (secondary N) is 1. The first-order chi connectivity index (χ1) is 13.5. The van der Waals surface area contributed by atoms with Crippen LogP contribution in [0, 0.1) is 0 Å². The van der Waals surface area contributed by atoms with Crippen LogP contribution < -0.4 is 10.1 Å². The van der Waals surface area contributed by atoms with Gasteiger partial charge in [-0.05, 0) is 47.5 Å². The van der Waals surface area contributed by atoms with Crippen molar-refractivity contribution in [2.24, 2.45) is 0 Å². The van der Waals surface area contributed by atoms with E-state index in [1.54, 1.807) is 48.5 Å². The van der Waals surface area contributed by atoms with Gasteiger partial charge in [0.15, 0.2) is 5.54 Å². The van der Waals surface area contributed by atoms with Gasteiger partial charge in [0.1, 0.15) is 11.5 Å². The molecule has 1 aliphatic rings. The monoisotopic (exact) mass is 392 g/mol. The summed E-state index contributed by atoms with van der Waals surface area (Å²) in [6.07, 6.45) is 0. The van der Waals surface area contributed by atoms with E-state index in [-0.39, 0.29) is 5.91 Å². The van der Waals surface area contributed by atoms with Gasteiger partial charge in [0, 0.05) is 12.1 Å². The molecule has 6 heteroatoms. The average Bonchev–Trinajstić information content (AvgIpc) is 2.96. The third-order valence-electron chi connectivity index (χ3n) is 4.77. The molecule has 5 nitrogen and oxygen atoms in total. The van der Waals surface area contributed by atoms with Gasteiger partial charge >= 0.3 is 6.03 Å². The van der Waals surface area contributed by atoms with E-state index in [2.05, 4.69) is 5.32 Å². The molecule has 140 valence electrons. The summed E-state index contributed by atoms with van der Waals surface area (Å²) in [5.74, 6) is 0.939. The fourth-order valence-corrected chi connectivity index (χ4v) is 3.43. The number of amides is 3. The predicted molar refractivity (Wildman–Crippen MR) is 106 cm³/mol. The molecule has 0 bridgehead atoms. The maximum atomic E-state index is 13.0. The SMILES string of the molecule is CN1C(=O)N[C@](c2ccccc2)(c2ccc(Oc3ccc(Cl)cc3)cc2)C1=O. The van der Waals surface area contributed by atoms with Crippen molar-refractivity contribution in [1.82, 2.24) is 10.2 Å². The lowest BCUT2D eigenvalue weighted by atomic mass is 9.82. The van der Waals surface area contributed by atoms with Crippen molar-refractivity contribution in [2.45, 2.75) is 5.54 Å². The molecule has 1 aliphatic heterocycles. The highest BCUT2D eigenvalue weighted by atomic mass is 35.5. The number of likely N-dealkylation sites (N-methyl/N-ethyl adjacent to an activating group) is 1. The molecule has 1 atom stereocenters. The highest BCUT2D eigenvalue weighted by Crippen LogP contribution is 2.36. The maximum absolute atomic E-state index is 13.0. The molecule has 4 rings (SSSR count). The Hall–Kier alpha value is -3.31. The summed E-state index contributed by atoms with van der Waals surface area (Å²) in [5, 5.41) is 3.49. The second-order valence-electron chi connectivity index (χ2n) is 6.49. The molecule has 0 aliphatic carbocycles. The minimum Gasteiger partial charge on any atom is -0.457 e. The number of imide groups is 1. The molecule has 28 heavy (non-hydrogen) atoms. The summed E-state index contributed by atoms with van der Waals surface area (Å²) in [5.41, 5.74) is 0.0974. The van der Waals surface area contributed by atoms with Gasteiger partial charge in [-0.2, -0.15) is 0 Å². The number of ether oxygens (including phenoxy) is 1. The minimum atomic E-state index is -1.26. The molecular formula is C22H17ClN2O3. The normalized spacial score (nSPS) is 18.9. The number of benzene rings is 3. The van der Waals surface area contributed by atoms with E-state index in [4.69, 9.17) is 16.3 Å². The van der Waals surface area contributed by atoms with Crippen LogP contribution in [-0.4, -0.2) is 23.9 Å². The Labute approximate surface area is 167 Å². The molecule has 3 amide bonds. The summed E-state index contributed by atoms with van der Waals surface area (Å²) in [4.78, 5) is 26.4. The number of carbonyl (C=O) groups is 2. The topological polar surface area (TPSA) is 58.6 Å².